The summed E-state index contributed by atoms with van der Waals surface area (Å²) in [7, 11) is 1.40. The second kappa shape index (κ2) is 4.76. The molecule has 1 fully saturated rings. The van der Waals surface area contributed by atoms with Crippen LogP contribution < -0.4 is 0 Å². The molecule has 1 rings (SSSR count). The molecule has 0 radical (unpaired) electrons. The van der Waals surface area contributed by atoms with E-state index in [1.807, 2.05) is 0 Å². The molecule has 1 unspecified atom stereocenters. The molecule has 0 aromatic heterocycles. The summed E-state index contributed by atoms with van der Waals surface area (Å²) in [5.74, 6) is 0.646. The summed E-state index contributed by atoms with van der Waals surface area (Å²) >= 11 is 2.13. The normalized spacial score (nSPS) is 27.0. The number of halogens is 1. The summed E-state index contributed by atoms with van der Waals surface area (Å²) in [5.41, 5.74) is 0. The minimum absolute atomic E-state index is 0.646. The third-order valence-electron chi connectivity index (χ3n) is 1.37. The maximum atomic E-state index is 5.16. The number of rotatable bonds is 3. The standard InChI is InChI=1S/C5H9IO2S/c6-9-8-4-5-1-2-7-3-5/h5H,1-4H2. The van der Waals surface area contributed by atoms with Crippen LogP contribution in [0.1, 0.15) is 6.42 Å². The maximum absolute atomic E-state index is 5.16. The fourth-order valence-corrected chi connectivity index (χ4v) is 1.52. The van der Waals surface area contributed by atoms with Gasteiger partial charge in [0.1, 0.15) is 0 Å². The zero-order valence-electron chi connectivity index (χ0n) is 5.01. The SMILES string of the molecule is ISOCC1CCOC1. The minimum atomic E-state index is 0.646. The van der Waals surface area contributed by atoms with Gasteiger partial charge in [-0.1, -0.05) is 0 Å². The van der Waals surface area contributed by atoms with E-state index in [1.54, 1.807) is 0 Å². The molecule has 1 atom stereocenters. The molecule has 0 bridgehead atoms. The van der Waals surface area contributed by atoms with Crippen molar-refractivity contribution in [3.8, 4) is 0 Å². The van der Waals surface area contributed by atoms with Crippen LogP contribution in [0, 0.1) is 5.92 Å². The molecule has 0 spiro atoms. The summed E-state index contributed by atoms with van der Waals surface area (Å²) in [4.78, 5) is 0. The van der Waals surface area contributed by atoms with Crippen molar-refractivity contribution in [2.75, 3.05) is 19.8 Å². The average molecular weight is 260 g/mol. The van der Waals surface area contributed by atoms with Gasteiger partial charge in [-0.3, -0.25) is 0 Å². The molecule has 0 saturated carbocycles. The molecular weight excluding hydrogens is 251 g/mol. The van der Waals surface area contributed by atoms with Gasteiger partial charge >= 0.3 is 0 Å². The minimum Gasteiger partial charge on any atom is -0.381 e. The number of ether oxygens (including phenoxy) is 1. The smallest absolute Gasteiger partial charge is 0.0674 e. The lowest BCUT2D eigenvalue weighted by molar-refractivity contribution is 0.173. The van der Waals surface area contributed by atoms with E-state index in [1.165, 1.54) is 9.21 Å². The van der Waals surface area contributed by atoms with Crippen molar-refractivity contribution in [3.63, 3.8) is 0 Å². The topological polar surface area (TPSA) is 18.5 Å². The summed E-state index contributed by atoms with van der Waals surface area (Å²) in [6.45, 7) is 2.64. The van der Waals surface area contributed by atoms with Gasteiger partial charge in [0.15, 0.2) is 0 Å². The molecule has 2 nitrogen and oxygen atoms in total. The Morgan fingerprint density at radius 3 is 3.22 bits per heavy atom. The van der Waals surface area contributed by atoms with E-state index < -0.39 is 0 Å². The highest BCUT2D eigenvalue weighted by Crippen LogP contribution is 2.18. The summed E-state index contributed by atoms with van der Waals surface area (Å²) < 4.78 is 10.3. The fourth-order valence-electron chi connectivity index (χ4n) is 0.837. The summed E-state index contributed by atoms with van der Waals surface area (Å²) in [6.07, 6.45) is 1.16. The van der Waals surface area contributed by atoms with Crippen molar-refractivity contribution in [3.05, 3.63) is 0 Å². The Hall–Kier alpha value is 1.00. The molecule has 9 heavy (non-hydrogen) atoms. The molecule has 0 aromatic rings. The Kier molecular flexibility index (Phi) is 4.28. The van der Waals surface area contributed by atoms with E-state index in [0.29, 0.717) is 5.92 Å². The molecule has 0 N–H and O–H groups in total. The van der Waals surface area contributed by atoms with Crippen molar-refractivity contribution in [2.45, 2.75) is 6.42 Å². The van der Waals surface area contributed by atoms with Crippen LogP contribution in [0.5, 0.6) is 0 Å². The predicted octanol–water partition coefficient (Wildman–Crippen LogP) is 2.04. The van der Waals surface area contributed by atoms with Crippen LogP contribution in [0.15, 0.2) is 0 Å². The Labute approximate surface area is 71.5 Å². The molecule has 0 amide bonds. The van der Waals surface area contributed by atoms with Gasteiger partial charge in [-0.2, -0.15) is 0 Å². The van der Waals surface area contributed by atoms with Crippen molar-refractivity contribution in [2.24, 2.45) is 5.92 Å². The quantitative estimate of drug-likeness (QED) is 0.571. The molecule has 1 aliphatic rings. The van der Waals surface area contributed by atoms with Gasteiger partial charge in [-0.15, -0.1) is 0 Å². The first kappa shape index (κ1) is 8.10. The summed E-state index contributed by atoms with van der Waals surface area (Å²) in [6, 6.07) is 0. The van der Waals surface area contributed by atoms with Gasteiger partial charge in [0.2, 0.25) is 0 Å². The van der Waals surface area contributed by atoms with Crippen LogP contribution in [-0.4, -0.2) is 19.8 Å². The Morgan fingerprint density at radius 2 is 2.67 bits per heavy atom. The molecule has 0 aromatic carbocycles. The van der Waals surface area contributed by atoms with Gasteiger partial charge < -0.3 is 8.92 Å². The fraction of sp³-hybridized carbons (Fsp3) is 1.00. The molecule has 1 aliphatic heterocycles. The molecule has 4 heteroatoms. The molecule has 1 saturated heterocycles. The second-order valence-electron chi connectivity index (χ2n) is 2.08. The van der Waals surface area contributed by atoms with Gasteiger partial charge in [0.25, 0.3) is 0 Å². The molecule has 1 heterocycles. The Balaban J connectivity index is 1.98. The van der Waals surface area contributed by atoms with Crippen molar-refractivity contribution >= 4 is 30.4 Å². The maximum Gasteiger partial charge on any atom is 0.0674 e. The lowest BCUT2D eigenvalue weighted by Crippen LogP contribution is -2.05. The third-order valence-corrected chi connectivity index (χ3v) is 2.36. The average Bonchev–Trinajstić information content (AvgIpc) is 2.34. The van der Waals surface area contributed by atoms with Crippen molar-refractivity contribution in [1.82, 2.24) is 0 Å². The van der Waals surface area contributed by atoms with Gasteiger partial charge in [0, 0.05) is 33.7 Å². The van der Waals surface area contributed by atoms with E-state index in [0.717, 1.165) is 26.2 Å². The lowest BCUT2D eigenvalue weighted by Gasteiger charge is -2.03. The van der Waals surface area contributed by atoms with E-state index in [2.05, 4.69) is 21.2 Å². The number of hydrogen-bond acceptors (Lipinski definition) is 3. The highest BCUT2D eigenvalue weighted by Gasteiger charge is 2.15. The van der Waals surface area contributed by atoms with E-state index in [-0.39, 0.29) is 0 Å². The first-order valence-electron chi connectivity index (χ1n) is 2.91. The van der Waals surface area contributed by atoms with Crippen molar-refractivity contribution in [1.29, 1.82) is 0 Å². The zero-order valence-corrected chi connectivity index (χ0v) is 7.98. The predicted molar refractivity (Wildman–Crippen MR) is 46.5 cm³/mol. The first-order chi connectivity index (χ1) is 4.43. The van der Waals surface area contributed by atoms with Crippen LogP contribution >= 0.6 is 30.4 Å². The van der Waals surface area contributed by atoms with Gasteiger partial charge in [-0.05, 0) is 6.42 Å². The molecule has 54 valence electrons. The van der Waals surface area contributed by atoms with E-state index >= 15 is 0 Å². The number of hydrogen-bond donors (Lipinski definition) is 0. The Morgan fingerprint density at radius 1 is 1.78 bits per heavy atom. The van der Waals surface area contributed by atoms with Gasteiger partial charge in [-0.25, -0.2) is 0 Å². The second-order valence-corrected chi connectivity index (χ2v) is 3.52. The monoisotopic (exact) mass is 260 g/mol. The van der Waals surface area contributed by atoms with Crippen LogP contribution in [-0.2, 0) is 8.92 Å². The van der Waals surface area contributed by atoms with Crippen molar-refractivity contribution < 1.29 is 8.92 Å². The first-order valence-corrected chi connectivity index (χ1v) is 6.20. The van der Waals surface area contributed by atoms with Crippen LogP contribution in [0.25, 0.3) is 0 Å². The highest BCUT2D eigenvalue weighted by atomic mass is 127. The zero-order chi connectivity index (χ0) is 6.53. The van der Waals surface area contributed by atoms with E-state index in [4.69, 9.17) is 8.92 Å². The molecular formula is C5H9IO2S. The lowest BCUT2D eigenvalue weighted by atomic mass is 10.1. The molecule has 0 aliphatic carbocycles. The van der Waals surface area contributed by atoms with Gasteiger partial charge in [0.05, 0.1) is 22.4 Å². The van der Waals surface area contributed by atoms with Crippen LogP contribution in [0.2, 0.25) is 0 Å². The highest BCUT2D eigenvalue weighted by molar-refractivity contribution is 14.2. The Bertz CT molecular complexity index is 75.4. The third kappa shape index (κ3) is 3.06. The largest absolute Gasteiger partial charge is 0.381 e. The van der Waals surface area contributed by atoms with Crippen LogP contribution in [0.4, 0.5) is 0 Å². The van der Waals surface area contributed by atoms with E-state index in [9.17, 15) is 0 Å². The van der Waals surface area contributed by atoms with Crippen LogP contribution in [0.3, 0.4) is 0 Å². The summed E-state index contributed by atoms with van der Waals surface area (Å²) in [5, 5.41) is 0.